The third-order valence-corrected chi connectivity index (χ3v) is 5.49. The number of fused-ring (bicyclic) bond motifs is 1. The predicted octanol–water partition coefficient (Wildman–Crippen LogP) is 4.88. The van der Waals surface area contributed by atoms with Gasteiger partial charge in [-0.2, -0.15) is 0 Å². The highest BCUT2D eigenvalue weighted by Crippen LogP contribution is 2.29. The molecule has 0 spiro atoms. The molecule has 0 saturated heterocycles. The van der Waals surface area contributed by atoms with Gasteiger partial charge < -0.3 is 5.32 Å². The van der Waals surface area contributed by atoms with E-state index in [0.717, 1.165) is 33.7 Å². The van der Waals surface area contributed by atoms with E-state index >= 15 is 0 Å². The van der Waals surface area contributed by atoms with Crippen molar-refractivity contribution in [2.45, 2.75) is 26.3 Å². The Kier molecular flexibility index (Phi) is 4.58. The normalized spacial score (nSPS) is 12.2. The molecular formula is C20H19N5S. The third-order valence-electron chi connectivity index (χ3n) is 4.17. The van der Waals surface area contributed by atoms with Crippen molar-refractivity contribution in [2.75, 3.05) is 5.32 Å². The van der Waals surface area contributed by atoms with Crippen LogP contribution in [0.3, 0.4) is 0 Å². The number of hydrogen-bond donors (Lipinski definition) is 1. The van der Waals surface area contributed by atoms with E-state index in [1.807, 2.05) is 42.6 Å². The van der Waals surface area contributed by atoms with Crippen LogP contribution >= 0.6 is 11.3 Å². The van der Waals surface area contributed by atoms with Gasteiger partial charge in [0.2, 0.25) is 0 Å². The fraction of sp³-hybridized carbons (Fsp3) is 0.200. The summed E-state index contributed by atoms with van der Waals surface area (Å²) in [5.41, 5.74) is 1.81. The standard InChI is InChI=1S/C20H19N5S/c1-3-15-12-22-20(26-15)13(2)23-19-16-8-4-5-9-17(16)24-18(25-19)14-7-6-10-21-11-14/h4-13H,3H2,1-2H3,(H,23,24,25). The third kappa shape index (κ3) is 3.28. The summed E-state index contributed by atoms with van der Waals surface area (Å²) in [5, 5.41) is 5.59. The Morgan fingerprint density at radius 1 is 1.08 bits per heavy atom. The largest absolute Gasteiger partial charge is 0.360 e. The molecule has 4 aromatic rings. The van der Waals surface area contributed by atoms with Gasteiger partial charge in [-0.1, -0.05) is 19.1 Å². The number of benzene rings is 1. The van der Waals surface area contributed by atoms with Gasteiger partial charge in [0.1, 0.15) is 10.8 Å². The first-order chi connectivity index (χ1) is 12.7. The molecule has 0 radical (unpaired) electrons. The van der Waals surface area contributed by atoms with Gasteiger partial charge in [-0.25, -0.2) is 15.0 Å². The molecule has 1 aromatic carbocycles. The molecule has 0 aliphatic heterocycles. The number of nitrogens with zero attached hydrogens (tertiary/aromatic N) is 4. The first-order valence-electron chi connectivity index (χ1n) is 8.63. The van der Waals surface area contributed by atoms with Gasteiger partial charge in [0, 0.05) is 34.4 Å². The van der Waals surface area contributed by atoms with Crippen LogP contribution in [0, 0.1) is 0 Å². The molecule has 0 saturated carbocycles. The number of nitrogens with one attached hydrogen (secondary N) is 1. The molecular weight excluding hydrogens is 342 g/mol. The van der Waals surface area contributed by atoms with Crippen LogP contribution in [-0.2, 0) is 6.42 Å². The molecule has 1 unspecified atom stereocenters. The van der Waals surface area contributed by atoms with Crippen molar-refractivity contribution in [1.82, 2.24) is 19.9 Å². The minimum absolute atomic E-state index is 0.0698. The molecule has 3 aromatic heterocycles. The van der Waals surface area contributed by atoms with Crippen LogP contribution in [0.25, 0.3) is 22.3 Å². The highest BCUT2D eigenvalue weighted by molar-refractivity contribution is 7.11. The number of aromatic nitrogens is 4. The number of thiazole rings is 1. The van der Waals surface area contributed by atoms with Crippen LogP contribution in [0.15, 0.2) is 55.0 Å². The summed E-state index contributed by atoms with van der Waals surface area (Å²) in [6, 6.07) is 12.0. The average Bonchev–Trinajstić information content (AvgIpc) is 3.18. The fourth-order valence-electron chi connectivity index (χ4n) is 2.76. The average molecular weight is 361 g/mol. The summed E-state index contributed by atoms with van der Waals surface area (Å²) in [6.07, 6.45) is 6.49. The first kappa shape index (κ1) is 16.6. The SMILES string of the molecule is CCc1cnc(C(C)Nc2nc(-c3cccnc3)nc3ccccc23)s1. The van der Waals surface area contributed by atoms with Crippen molar-refractivity contribution in [3.8, 4) is 11.4 Å². The Hall–Kier alpha value is -2.86. The molecule has 0 fully saturated rings. The number of anilines is 1. The summed E-state index contributed by atoms with van der Waals surface area (Å²) < 4.78 is 0. The quantitative estimate of drug-likeness (QED) is 0.549. The topological polar surface area (TPSA) is 63.6 Å². The summed E-state index contributed by atoms with van der Waals surface area (Å²) in [5.74, 6) is 1.48. The maximum Gasteiger partial charge on any atom is 0.163 e. The van der Waals surface area contributed by atoms with E-state index in [2.05, 4.69) is 29.1 Å². The lowest BCUT2D eigenvalue weighted by Gasteiger charge is -2.15. The van der Waals surface area contributed by atoms with Crippen LogP contribution in [0.1, 0.15) is 29.8 Å². The summed E-state index contributed by atoms with van der Waals surface area (Å²) in [7, 11) is 0. The maximum atomic E-state index is 4.78. The summed E-state index contributed by atoms with van der Waals surface area (Å²) in [6.45, 7) is 4.26. The van der Waals surface area contributed by atoms with Gasteiger partial charge in [-0.3, -0.25) is 4.98 Å². The number of rotatable bonds is 5. The van der Waals surface area contributed by atoms with Crippen molar-refractivity contribution in [3.05, 3.63) is 64.9 Å². The molecule has 4 rings (SSSR count). The molecule has 0 aliphatic rings. The molecule has 3 heterocycles. The molecule has 0 bridgehead atoms. The zero-order valence-corrected chi connectivity index (χ0v) is 15.5. The predicted molar refractivity (Wildman–Crippen MR) is 106 cm³/mol. The second kappa shape index (κ2) is 7.17. The molecule has 0 amide bonds. The van der Waals surface area contributed by atoms with E-state index < -0.39 is 0 Å². The van der Waals surface area contributed by atoms with Crippen molar-refractivity contribution < 1.29 is 0 Å². The Bertz CT molecular complexity index is 1030. The van der Waals surface area contributed by atoms with Crippen molar-refractivity contribution >= 4 is 28.1 Å². The summed E-state index contributed by atoms with van der Waals surface area (Å²) >= 11 is 1.74. The second-order valence-corrected chi connectivity index (χ2v) is 7.19. The van der Waals surface area contributed by atoms with Crippen LogP contribution in [-0.4, -0.2) is 19.9 Å². The molecule has 130 valence electrons. The molecule has 0 aliphatic carbocycles. The zero-order valence-electron chi connectivity index (χ0n) is 14.7. The Morgan fingerprint density at radius 2 is 1.96 bits per heavy atom. The van der Waals surface area contributed by atoms with Crippen molar-refractivity contribution in [1.29, 1.82) is 0 Å². The smallest absolute Gasteiger partial charge is 0.163 e. The lowest BCUT2D eigenvalue weighted by molar-refractivity contribution is 0.862. The monoisotopic (exact) mass is 361 g/mol. The second-order valence-electron chi connectivity index (χ2n) is 6.04. The lowest BCUT2D eigenvalue weighted by atomic mass is 10.2. The van der Waals surface area contributed by atoms with Gasteiger partial charge >= 0.3 is 0 Å². The van der Waals surface area contributed by atoms with Gasteiger partial charge in [0.15, 0.2) is 5.82 Å². The van der Waals surface area contributed by atoms with Gasteiger partial charge in [-0.15, -0.1) is 11.3 Å². The van der Waals surface area contributed by atoms with Crippen LogP contribution in [0.5, 0.6) is 0 Å². The molecule has 26 heavy (non-hydrogen) atoms. The highest BCUT2D eigenvalue weighted by Gasteiger charge is 2.15. The van der Waals surface area contributed by atoms with E-state index in [-0.39, 0.29) is 6.04 Å². The van der Waals surface area contributed by atoms with E-state index in [0.29, 0.717) is 5.82 Å². The Labute approximate surface area is 156 Å². The van der Waals surface area contributed by atoms with E-state index in [9.17, 15) is 0 Å². The van der Waals surface area contributed by atoms with Crippen molar-refractivity contribution in [3.63, 3.8) is 0 Å². The van der Waals surface area contributed by atoms with Crippen LogP contribution < -0.4 is 5.32 Å². The summed E-state index contributed by atoms with van der Waals surface area (Å²) in [4.78, 5) is 19.5. The Morgan fingerprint density at radius 3 is 2.73 bits per heavy atom. The number of para-hydroxylation sites is 1. The van der Waals surface area contributed by atoms with Crippen LogP contribution in [0.4, 0.5) is 5.82 Å². The highest BCUT2D eigenvalue weighted by atomic mass is 32.1. The number of aryl methyl sites for hydroxylation is 1. The van der Waals surface area contributed by atoms with E-state index in [4.69, 9.17) is 9.97 Å². The number of hydrogen-bond acceptors (Lipinski definition) is 6. The fourth-order valence-corrected chi connectivity index (χ4v) is 3.62. The van der Waals surface area contributed by atoms with Crippen LogP contribution in [0.2, 0.25) is 0 Å². The lowest BCUT2D eigenvalue weighted by Crippen LogP contribution is -2.09. The van der Waals surface area contributed by atoms with Gasteiger partial charge in [0.25, 0.3) is 0 Å². The molecule has 6 heteroatoms. The van der Waals surface area contributed by atoms with E-state index in [1.54, 1.807) is 23.7 Å². The van der Waals surface area contributed by atoms with E-state index in [1.165, 1.54) is 4.88 Å². The molecule has 1 atom stereocenters. The first-order valence-corrected chi connectivity index (χ1v) is 9.44. The van der Waals surface area contributed by atoms with Crippen molar-refractivity contribution in [2.24, 2.45) is 0 Å². The minimum atomic E-state index is 0.0698. The number of pyridine rings is 1. The zero-order chi connectivity index (χ0) is 17.9. The Balaban J connectivity index is 1.75. The molecule has 1 N–H and O–H groups in total. The van der Waals surface area contributed by atoms with Gasteiger partial charge in [0.05, 0.1) is 11.6 Å². The minimum Gasteiger partial charge on any atom is -0.360 e. The molecule has 5 nitrogen and oxygen atoms in total. The maximum absolute atomic E-state index is 4.78. The van der Waals surface area contributed by atoms with Gasteiger partial charge in [-0.05, 0) is 37.6 Å².